The van der Waals surface area contributed by atoms with Crippen LogP contribution < -0.4 is 10.1 Å². The number of rotatable bonds is 7. The fourth-order valence-corrected chi connectivity index (χ4v) is 2.70. The summed E-state index contributed by atoms with van der Waals surface area (Å²) in [6.45, 7) is 7.11. The maximum atomic E-state index is 12.0. The highest BCUT2D eigenvalue weighted by Gasteiger charge is 2.15. The molecule has 0 saturated heterocycles. The number of nitrogens with one attached hydrogen (secondary N) is 1. The van der Waals surface area contributed by atoms with Gasteiger partial charge in [0.1, 0.15) is 11.4 Å². The molecule has 0 saturated carbocycles. The van der Waals surface area contributed by atoms with Gasteiger partial charge in [-0.15, -0.1) is 5.10 Å². The number of methoxy groups -OCH3 is 1. The van der Waals surface area contributed by atoms with E-state index in [1.807, 2.05) is 24.3 Å². The molecule has 0 bridgehead atoms. The zero-order chi connectivity index (χ0) is 17.6. The molecule has 7 nitrogen and oxygen atoms in total. The van der Waals surface area contributed by atoms with Crippen LogP contribution in [-0.2, 0) is 4.79 Å². The van der Waals surface area contributed by atoms with Crippen molar-refractivity contribution in [1.82, 2.24) is 25.5 Å². The molecule has 0 unspecified atom stereocenters. The third-order valence-electron chi connectivity index (χ3n) is 3.28. The molecular weight excluding hydrogens is 326 g/mol. The van der Waals surface area contributed by atoms with Gasteiger partial charge in [0.25, 0.3) is 0 Å². The maximum Gasteiger partial charge on any atom is 0.230 e. The Bertz CT molecular complexity index is 681. The molecule has 130 valence electrons. The zero-order valence-electron chi connectivity index (χ0n) is 14.4. The summed E-state index contributed by atoms with van der Waals surface area (Å²) in [4.78, 5) is 12.0. The van der Waals surface area contributed by atoms with Crippen LogP contribution in [0.5, 0.6) is 5.75 Å². The van der Waals surface area contributed by atoms with Crippen molar-refractivity contribution in [3.8, 4) is 11.4 Å². The van der Waals surface area contributed by atoms with Crippen LogP contribution in [0.15, 0.2) is 29.4 Å². The molecule has 0 spiro atoms. The molecule has 24 heavy (non-hydrogen) atoms. The van der Waals surface area contributed by atoms with Gasteiger partial charge in [-0.2, -0.15) is 4.68 Å². The van der Waals surface area contributed by atoms with Crippen molar-refractivity contribution in [3.05, 3.63) is 24.3 Å². The molecule has 0 aliphatic rings. The highest BCUT2D eigenvalue weighted by molar-refractivity contribution is 7.99. The summed E-state index contributed by atoms with van der Waals surface area (Å²) in [5.74, 6) is 0.903. The van der Waals surface area contributed by atoms with Crippen molar-refractivity contribution >= 4 is 17.7 Å². The van der Waals surface area contributed by atoms with E-state index in [1.165, 1.54) is 11.8 Å². The fraction of sp³-hybridized carbons (Fsp3) is 0.500. The van der Waals surface area contributed by atoms with E-state index in [4.69, 9.17) is 4.74 Å². The molecule has 0 fully saturated rings. The average Bonchev–Trinajstić information content (AvgIpc) is 3.00. The number of thioether (sulfide) groups is 1. The summed E-state index contributed by atoms with van der Waals surface area (Å²) in [5, 5.41) is 15.1. The van der Waals surface area contributed by atoms with Gasteiger partial charge in [-0.25, -0.2) is 0 Å². The molecule has 1 amide bonds. The summed E-state index contributed by atoms with van der Waals surface area (Å²) in [6.07, 6.45) is 0.933. The van der Waals surface area contributed by atoms with Gasteiger partial charge in [0, 0.05) is 6.54 Å². The minimum Gasteiger partial charge on any atom is -0.494 e. The second-order valence-corrected chi connectivity index (χ2v) is 7.44. The lowest BCUT2D eigenvalue weighted by molar-refractivity contribution is -0.118. The van der Waals surface area contributed by atoms with Gasteiger partial charge < -0.3 is 10.1 Å². The number of hydrogen-bond acceptors (Lipinski definition) is 6. The van der Waals surface area contributed by atoms with Crippen LogP contribution in [0, 0.1) is 5.41 Å². The Morgan fingerprint density at radius 2 is 2.08 bits per heavy atom. The van der Waals surface area contributed by atoms with E-state index in [9.17, 15) is 4.79 Å². The van der Waals surface area contributed by atoms with Gasteiger partial charge in [0.15, 0.2) is 0 Å². The number of carbonyl (C=O) groups is 1. The lowest BCUT2D eigenvalue weighted by atomic mass is 9.92. The van der Waals surface area contributed by atoms with E-state index >= 15 is 0 Å². The molecule has 8 heteroatoms. The number of amides is 1. The van der Waals surface area contributed by atoms with E-state index in [0.717, 1.165) is 12.1 Å². The molecule has 1 aromatic heterocycles. The van der Waals surface area contributed by atoms with Crippen molar-refractivity contribution < 1.29 is 9.53 Å². The first-order valence-corrected chi connectivity index (χ1v) is 8.70. The first-order chi connectivity index (χ1) is 11.4. The second-order valence-electron chi connectivity index (χ2n) is 6.49. The van der Waals surface area contributed by atoms with E-state index in [1.54, 1.807) is 11.8 Å². The van der Waals surface area contributed by atoms with Gasteiger partial charge in [0.2, 0.25) is 11.1 Å². The molecule has 0 radical (unpaired) electrons. The maximum absolute atomic E-state index is 12.0. The zero-order valence-corrected chi connectivity index (χ0v) is 15.3. The minimum atomic E-state index is -0.0289. The fourth-order valence-electron chi connectivity index (χ4n) is 1.98. The molecular formula is C16H23N5O2S. The van der Waals surface area contributed by atoms with Gasteiger partial charge in [-0.1, -0.05) is 44.7 Å². The first kappa shape index (κ1) is 18.3. The monoisotopic (exact) mass is 349 g/mol. The van der Waals surface area contributed by atoms with E-state index in [0.29, 0.717) is 17.5 Å². The molecule has 1 heterocycles. The van der Waals surface area contributed by atoms with E-state index in [-0.39, 0.29) is 17.1 Å². The van der Waals surface area contributed by atoms with Crippen molar-refractivity contribution in [1.29, 1.82) is 0 Å². The third kappa shape index (κ3) is 5.23. The highest BCUT2D eigenvalue weighted by atomic mass is 32.2. The predicted molar refractivity (Wildman–Crippen MR) is 93.5 cm³/mol. The predicted octanol–water partition coefficient (Wildman–Crippen LogP) is 2.32. The molecule has 1 aromatic carbocycles. The first-order valence-electron chi connectivity index (χ1n) is 7.72. The van der Waals surface area contributed by atoms with Gasteiger partial charge >= 0.3 is 0 Å². The number of benzene rings is 1. The van der Waals surface area contributed by atoms with Crippen molar-refractivity contribution in [2.45, 2.75) is 32.3 Å². The highest BCUT2D eigenvalue weighted by Crippen LogP contribution is 2.25. The molecule has 1 N–H and O–H groups in total. The number of tetrazole rings is 1. The smallest absolute Gasteiger partial charge is 0.230 e. The Labute approximate surface area is 146 Å². The Morgan fingerprint density at radius 1 is 1.33 bits per heavy atom. The van der Waals surface area contributed by atoms with Crippen molar-refractivity contribution in [2.75, 3.05) is 19.4 Å². The molecule has 2 aromatic rings. The topological polar surface area (TPSA) is 81.9 Å². The van der Waals surface area contributed by atoms with Crippen LogP contribution >= 0.6 is 11.8 Å². The Morgan fingerprint density at radius 3 is 2.79 bits per heavy atom. The number of carbonyl (C=O) groups excluding carboxylic acids is 1. The van der Waals surface area contributed by atoms with E-state index < -0.39 is 0 Å². The normalized spacial score (nSPS) is 11.3. The van der Waals surface area contributed by atoms with Crippen molar-refractivity contribution in [3.63, 3.8) is 0 Å². The number of nitrogens with zero attached hydrogens (tertiary/aromatic N) is 4. The van der Waals surface area contributed by atoms with Crippen LogP contribution in [0.4, 0.5) is 0 Å². The largest absolute Gasteiger partial charge is 0.494 e. The number of aromatic nitrogens is 4. The van der Waals surface area contributed by atoms with Crippen LogP contribution in [0.2, 0.25) is 0 Å². The standard InChI is InChI=1S/C16H23N5O2S/c1-16(2,3)9-10-17-14(22)11-24-15-18-19-20-21(15)12-7-5-6-8-13(12)23-4/h5-8H,9-11H2,1-4H3,(H,17,22). The van der Waals surface area contributed by atoms with E-state index in [2.05, 4.69) is 41.6 Å². The van der Waals surface area contributed by atoms with Crippen LogP contribution in [0.25, 0.3) is 5.69 Å². The summed E-state index contributed by atoms with van der Waals surface area (Å²) in [6, 6.07) is 7.46. The van der Waals surface area contributed by atoms with Gasteiger partial charge in [0.05, 0.1) is 12.9 Å². The molecule has 2 rings (SSSR count). The number of para-hydroxylation sites is 2. The number of hydrogen-bond donors (Lipinski definition) is 1. The minimum absolute atomic E-state index is 0.0289. The van der Waals surface area contributed by atoms with Crippen molar-refractivity contribution in [2.24, 2.45) is 5.41 Å². The number of ether oxygens (including phenoxy) is 1. The Balaban J connectivity index is 1.95. The van der Waals surface area contributed by atoms with Gasteiger partial charge in [-0.3, -0.25) is 4.79 Å². The molecule has 0 aliphatic carbocycles. The second kappa shape index (κ2) is 8.14. The lowest BCUT2D eigenvalue weighted by Crippen LogP contribution is -2.28. The summed E-state index contributed by atoms with van der Waals surface area (Å²) >= 11 is 1.29. The quantitative estimate of drug-likeness (QED) is 0.773. The third-order valence-corrected chi connectivity index (χ3v) is 4.20. The molecule has 0 atom stereocenters. The van der Waals surface area contributed by atoms with Crippen LogP contribution in [0.1, 0.15) is 27.2 Å². The average molecular weight is 349 g/mol. The Kier molecular flexibility index (Phi) is 6.19. The SMILES string of the molecule is COc1ccccc1-n1nnnc1SCC(=O)NCCC(C)(C)C. The Hall–Kier alpha value is -2.09. The lowest BCUT2D eigenvalue weighted by Gasteiger charge is -2.17. The van der Waals surface area contributed by atoms with Crippen LogP contribution in [-0.4, -0.2) is 45.5 Å². The van der Waals surface area contributed by atoms with Crippen LogP contribution in [0.3, 0.4) is 0 Å². The molecule has 0 aliphatic heterocycles. The summed E-state index contributed by atoms with van der Waals surface area (Å²) in [5.41, 5.74) is 0.939. The van der Waals surface area contributed by atoms with Gasteiger partial charge in [-0.05, 0) is 34.4 Å². The summed E-state index contributed by atoms with van der Waals surface area (Å²) in [7, 11) is 1.60. The summed E-state index contributed by atoms with van der Waals surface area (Å²) < 4.78 is 6.91.